The van der Waals surface area contributed by atoms with E-state index in [2.05, 4.69) is 20.3 Å². The number of fused-ring (bicyclic) bond motifs is 1. The highest BCUT2D eigenvalue weighted by Crippen LogP contribution is 2.40. The highest BCUT2D eigenvalue weighted by Gasteiger charge is 2.43. The quantitative estimate of drug-likeness (QED) is 0.669. The van der Waals surface area contributed by atoms with Crippen LogP contribution in [-0.2, 0) is 11.8 Å². The van der Waals surface area contributed by atoms with Crippen LogP contribution in [0.5, 0.6) is 11.8 Å². The number of nitrogens with zero attached hydrogens (tertiary/aromatic N) is 4. The number of rotatable bonds is 5. The number of hydrogen-bond donors (Lipinski definition) is 1. The molecule has 1 aliphatic carbocycles. The maximum absolute atomic E-state index is 11.1. The van der Waals surface area contributed by atoms with Gasteiger partial charge in [0, 0.05) is 26.7 Å². The van der Waals surface area contributed by atoms with E-state index in [9.17, 15) is 13.6 Å². The summed E-state index contributed by atoms with van der Waals surface area (Å²) in [7, 11) is 4.99. The number of aryl methyl sites for hydroxylation is 1. The molecule has 4 rings (SSSR count). The number of carbonyl (C=O) groups is 1. The number of hydrogen-bond acceptors (Lipinski definition) is 6. The van der Waals surface area contributed by atoms with Crippen molar-refractivity contribution in [1.82, 2.24) is 19.5 Å². The zero-order valence-electron chi connectivity index (χ0n) is 15.6. The third kappa shape index (κ3) is 4.00. The molecule has 0 atom stereocenters. The van der Waals surface area contributed by atoms with E-state index in [1.54, 1.807) is 26.5 Å². The summed E-state index contributed by atoms with van der Waals surface area (Å²) in [5.41, 5.74) is 2.37. The second-order valence-corrected chi connectivity index (χ2v) is 6.10. The topological polar surface area (TPSA) is 91.2 Å². The number of methoxy groups -OCH3 is 2. The van der Waals surface area contributed by atoms with E-state index < -0.39 is 5.92 Å². The van der Waals surface area contributed by atoms with Crippen LogP contribution in [0.25, 0.3) is 22.2 Å². The van der Waals surface area contributed by atoms with Crippen molar-refractivity contribution >= 4 is 23.1 Å². The third-order valence-corrected chi connectivity index (χ3v) is 4.18. The summed E-state index contributed by atoms with van der Waals surface area (Å²) in [4.78, 5) is 23.0. The summed E-state index contributed by atoms with van der Waals surface area (Å²) in [5, 5.41) is 3.45. The van der Waals surface area contributed by atoms with Crippen LogP contribution in [0, 0.1) is 0 Å². The van der Waals surface area contributed by atoms with Gasteiger partial charge >= 0.3 is 0 Å². The van der Waals surface area contributed by atoms with Gasteiger partial charge in [-0.05, 0) is 12.1 Å². The van der Waals surface area contributed by atoms with Crippen LogP contribution >= 0.6 is 0 Å². The van der Waals surface area contributed by atoms with Crippen molar-refractivity contribution in [3.05, 3.63) is 24.7 Å². The van der Waals surface area contributed by atoms with Crippen molar-refractivity contribution in [3.8, 4) is 23.0 Å². The van der Waals surface area contributed by atoms with Gasteiger partial charge in [0.05, 0.1) is 31.6 Å². The normalized spacial score (nSPS) is 14.0. The van der Waals surface area contributed by atoms with Crippen LogP contribution < -0.4 is 14.8 Å². The van der Waals surface area contributed by atoms with Gasteiger partial charge in [-0.25, -0.2) is 23.7 Å². The number of nitrogens with one attached hydrogen (secondary N) is 1. The zero-order valence-corrected chi connectivity index (χ0v) is 15.6. The molecule has 1 aliphatic rings. The molecule has 28 heavy (non-hydrogen) atoms. The maximum Gasteiger partial charge on any atom is 0.248 e. The lowest BCUT2D eigenvalue weighted by molar-refractivity contribution is -0.105. The van der Waals surface area contributed by atoms with Gasteiger partial charge in [-0.3, -0.25) is 4.79 Å². The average Bonchev–Trinajstić information content (AvgIpc) is 3.30. The van der Waals surface area contributed by atoms with Crippen LogP contribution in [0.15, 0.2) is 24.7 Å². The number of halogens is 2. The number of anilines is 1. The number of ether oxygens (including phenoxy) is 2. The molecule has 3 aromatic rings. The largest absolute Gasteiger partial charge is 0.480 e. The minimum Gasteiger partial charge on any atom is -0.480 e. The Balaban J connectivity index is 0.000000437. The molecule has 1 fully saturated rings. The average molecular weight is 393 g/mol. The van der Waals surface area contributed by atoms with Gasteiger partial charge in [-0.1, -0.05) is 0 Å². The Kier molecular flexibility index (Phi) is 5.39. The van der Waals surface area contributed by atoms with Crippen molar-refractivity contribution in [2.24, 2.45) is 7.05 Å². The van der Waals surface area contributed by atoms with E-state index in [4.69, 9.17) is 9.47 Å². The Morgan fingerprint density at radius 3 is 2.29 bits per heavy atom. The first kappa shape index (κ1) is 19.5. The van der Waals surface area contributed by atoms with Crippen LogP contribution in [0.2, 0.25) is 0 Å². The summed E-state index contributed by atoms with van der Waals surface area (Å²) >= 11 is 0. The number of aromatic nitrogens is 4. The molecule has 0 aliphatic heterocycles. The van der Waals surface area contributed by atoms with E-state index >= 15 is 0 Å². The molecule has 1 saturated carbocycles. The van der Waals surface area contributed by atoms with Gasteiger partial charge in [0.15, 0.2) is 0 Å². The fraction of sp³-hybridized carbons (Fsp3) is 0.333. The summed E-state index contributed by atoms with van der Waals surface area (Å²) in [6.07, 6.45) is 3.90. The van der Waals surface area contributed by atoms with Gasteiger partial charge in [0.1, 0.15) is 17.7 Å². The standard InChI is InChI=1S/C15H15N5O3.C3H4F2.H2/c1-20-10(13-14(22-2)17-7-18-15(13)23-3)4-9-5-12(19-8-21)16-6-11(9)20;4-3(5)1-2-3;/h4-8H,1-3H3,(H,16,19,21);1-2H2;1H. The molecule has 0 unspecified atom stereocenters. The first-order valence-corrected chi connectivity index (χ1v) is 8.37. The summed E-state index contributed by atoms with van der Waals surface area (Å²) in [6, 6.07) is 3.73. The first-order chi connectivity index (χ1) is 13.4. The summed E-state index contributed by atoms with van der Waals surface area (Å²) in [5.74, 6) is -0.934. The van der Waals surface area contributed by atoms with Crippen molar-refractivity contribution in [3.63, 3.8) is 0 Å². The van der Waals surface area contributed by atoms with Crippen LogP contribution in [0.1, 0.15) is 14.3 Å². The molecular formula is C18H21F2N5O3. The SMILES string of the molecule is COc1ncnc(OC)c1-c1cc2cc(NC=O)ncc2n1C.FC1(F)CC1.[HH]. The third-order valence-electron chi connectivity index (χ3n) is 4.18. The highest BCUT2D eigenvalue weighted by molar-refractivity contribution is 5.90. The lowest BCUT2D eigenvalue weighted by atomic mass is 10.2. The molecule has 1 amide bonds. The van der Waals surface area contributed by atoms with E-state index in [1.165, 1.54) is 6.33 Å². The second-order valence-electron chi connectivity index (χ2n) is 6.10. The lowest BCUT2D eigenvalue weighted by Crippen LogP contribution is -2.01. The molecule has 0 bridgehead atoms. The number of pyridine rings is 1. The minimum absolute atomic E-state index is 0. The smallest absolute Gasteiger partial charge is 0.248 e. The van der Waals surface area contributed by atoms with Crippen LogP contribution in [-0.4, -0.2) is 46.1 Å². The summed E-state index contributed by atoms with van der Waals surface area (Å²) < 4.78 is 34.9. The monoisotopic (exact) mass is 393 g/mol. The van der Waals surface area contributed by atoms with E-state index in [1.807, 2.05) is 17.7 Å². The molecular weight excluding hydrogens is 372 g/mol. The van der Waals surface area contributed by atoms with E-state index in [0.717, 1.165) is 16.6 Å². The second kappa shape index (κ2) is 7.75. The Morgan fingerprint density at radius 1 is 1.18 bits per heavy atom. The van der Waals surface area contributed by atoms with Gasteiger partial charge in [-0.2, -0.15) is 0 Å². The van der Waals surface area contributed by atoms with Gasteiger partial charge in [0.2, 0.25) is 24.1 Å². The Bertz CT molecular complexity index is 984. The lowest BCUT2D eigenvalue weighted by Gasteiger charge is -2.11. The molecule has 0 aromatic carbocycles. The predicted molar refractivity (Wildman–Crippen MR) is 101 cm³/mol. The van der Waals surface area contributed by atoms with Crippen LogP contribution in [0.4, 0.5) is 14.6 Å². The molecule has 0 spiro atoms. The maximum atomic E-state index is 11.1. The van der Waals surface area contributed by atoms with Crippen molar-refractivity contribution in [1.29, 1.82) is 0 Å². The Labute approximate surface area is 161 Å². The summed E-state index contributed by atoms with van der Waals surface area (Å²) in [6.45, 7) is 0. The predicted octanol–water partition coefficient (Wildman–Crippen LogP) is 3.28. The first-order valence-electron chi connectivity index (χ1n) is 8.37. The molecule has 150 valence electrons. The van der Waals surface area contributed by atoms with Gasteiger partial charge < -0.3 is 19.4 Å². The molecule has 3 heterocycles. The minimum atomic E-state index is -2.25. The van der Waals surface area contributed by atoms with Gasteiger partial charge in [-0.15, -0.1) is 0 Å². The van der Waals surface area contributed by atoms with E-state index in [-0.39, 0.29) is 14.3 Å². The van der Waals surface area contributed by atoms with Gasteiger partial charge in [0.25, 0.3) is 0 Å². The van der Waals surface area contributed by atoms with Crippen LogP contribution in [0.3, 0.4) is 0 Å². The zero-order chi connectivity index (χ0) is 20.3. The number of amides is 1. The number of carbonyl (C=O) groups excluding carboxylic acids is 1. The Morgan fingerprint density at radius 2 is 1.79 bits per heavy atom. The molecule has 0 radical (unpaired) electrons. The molecule has 8 nitrogen and oxygen atoms in total. The fourth-order valence-electron chi connectivity index (χ4n) is 2.59. The van der Waals surface area contributed by atoms with Crippen molar-refractivity contribution in [2.75, 3.05) is 19.5 Å². The highest BCUT2D eigenvalue weighted by atomic mass is 19.3. The van der Waals surface area contributed by atoms with Crippen molar-refractivity contribution in [2.45, 2.75) is 18.8 Å². The molecule has 1 N–H and O–H groups in total. The molecule has 0 saturated heterocycles. The molecule has 3 aromatic heterocycles. The van der Waals surface area contributed by atoms with E-state index in [0.29, 0.717) is 29.6 Å². The number of alkyl halides is 2. The fourth-order valence-corrected chi connectivity index (χ4v) is 2.59. The molecule has 10 heteroatoms. The Hall–Kier alpha value is -3.30. The van der Waals surface area contributed by atoms with Crippen molar-refractivity contribution < 1.29 is 24.5 Å².